The molecule has 4 nitrogen and oxygen atoms in total. The summed E-state index contributed by atoms with van der Waals surface area (Å²) in [7, 11) is 0. The van der Waals surface area contributed by atoms with Gasteiger partial charge in [-0.3, -0.25) is 0 Å². The first-order valence-electron chi connectivity index (χ1n) is 5.63. The molecule has 3 N–H and O–H groups in total. The number of aromatic nitrogens is 2. The molecule has 16 heavy (non-hydrogen) atoms. The van der Waals surface area contributed by atoms with Crippen LogP contribution in [0.3, 0.4) is 0 Å². The van der Waals surface area contributed by atoms with Crippen LogP contribution in [0.4, 0.5) is 5.82 Å². The number of nitrogens with zero attached hydrogens (tertiary/aromatic N) is 2. The van der Waals surface area contributed by atoms with Gasteiger partial charge in [-0.15, -0.1) is 0 Å². The van der Waals surface area contributed by atoms with Gasteiger partial charge in [-0.2, -0.15) is 0 Å². The van der Waals surface area contributed by atoms with Crippen LogP contribution in [0.25, 0.3) is 0 Å². The zero-order chi connectivity index (χ0) is 12.5. The Bertz CT molecular complexity index is 377. The number of hydrazine groups is 1. The van der Waals surface area contributed by atoms with Gasteiger partial charge in [0, 0.05) is 16.7 Å². The molecule has 0 radical (unpaired) electrons. The summed E-state index contributed by atoms with van der Waals surface area (Å²) in [6, 6.07) is 0. The normalized spacial score (nSPS) is 12.0. The molecule has 0 unspecified atom stereocenters. The lowest BCUT2D eigenvalue weighted by atomic mass is 9.94. The monoisotopic (exact) mass is 222 g/mol. The molecule has 0 bridgehead atoms. The summed E-state index contributed by atoms with van der Waals surface area (Å²) in [4.78, 5) is 9.06. The van der Waals surface area contributed by atoms with Crippen molar-refractivity contribution in [3.05, 3.63) is 17.1 Å². The molecule has 0 saturated carbocycles. The van der Waals surface area contributed by atoms with Gasteiger partial charge in [0.1, 0.15) is 11.6 Å². The first kappa shape index (κ1) is 12.9. The van der Waals surface area contributed by atoms with Gasteiger partial charge in [0.2, 0.25) is 0 Å². The summed E-state index contributed by atoms with van der Waals surface area (Å²) in [5.74, 6) is 7.45. The van der Waals surface area contributed by atoms with Crippen molar-refractivity contribution < 1.29 is 0 Å². The maximum absolute atomic E-state index is 5.53. The fourth-order valence-electron chi connectivity index (χ4n) is 1.72. The molecule has 90 valence electrons. The quantitative estimate of drug-likeness (QED) is 0.596. The van der Waals surface area contributed by atoms with Crippen LogP contribution in [-0.2, 0) is 5.41 Å². The van der Waals surface area contributed by atoms with Crippen molar-refractivity contribution in [2.45, 2.75) is 52.9 Å². The smallest absolute Gasteiger partial charge is 0.147 e. The Hall–Kier alpha value is -1.16. The molecule has 0 fully saturated rings. The molecule has 1 rings (SSSR count). The number of rotatable bonds is 2. The van der Waals surface area contributed by atoms with Crippen molar-refractivity contribution >= 4 is 5.82 Å². The van der Waals surface area contributed by atoms with Gasteiger partial charge in [0.15, 0.2) is 0 Å². The Kier molecular flexibility index (Phi) is 3.53. The number of nitrogen functional groups attached to an aromatic ring is 1. The average molecular weight is 222 g/mol. The number of nitrogens with two attached hydrogens (primary N) is 1. The number of hydrogen-bond acceptors (Lipinski definition) is 4. The van der Waals surface area contributed by atoms with E-state index in [2.05, 4.69) is 50.0 Å². The van der Waals surface area contributed by atoms with Gasteiger partial charge in [-0.05, 0) is 12.8 Å². The maximum atomic E-state index is 5.53. The predicted octanol–water partition coefficient (Wildman–Crippen LogP) is 2.49. The van der Waals surface area contributed by atoms with E-state index in [4.69, 9.17) is 5.84 Å². The van der Waals surface area contributed by atoms with Gasteiger partial charge >= 0.3 is 0 Å². The third kappa shape index (κ3) is 2.50. The Balaban J connectivity index is 3.38. The highest BCUT2D eigenvalue weighted by Crippen LogP contribution is 2.28. The summed E-state index contributed by atoms with van der Waals surface area (Å²) in [5.41, 5.74) is 4.71. The van der Waals surface area contributed by atoms with Crippen LogP contribution in [0.15, 0.2) is 0 Å². The molecule has 0 saturated heterocycles. The standard InChI is InChI=1S/C12H22N4/c1-7(2)9-8(3)14-11(12(4,5)6)15-10(9)16-13/h7H,13H2,1-6H3,(H,14,15,16). The van der Waals surface area contributed by atoms with Crippen LogP contribution < -0.4 is 11.3 Å². The van der Waals surface area contributed by atoms with E-state index in [0.717, 1.165) is 22.9 Å². The van der Waals surface area contributed by atoms with Crippen molar-refractivity contribution in [1.82, 2.24) is 9.97 Å². The highest BCUT2D eigenvalue weighted by molar-refractivity contribution is 5.47. The minimum atomic E-state index is -0.0636. The van der Waals surface area contributed by atoms with Gasteiger partial charge in [-0.25, -0.2) is 15.8 Å². The maximum Gasteiger partial charge on any atom is 0.147 e. The molecule has 0 spiro atoms. The van der Waals surface area contributed by atoms with Gasteiger partial charge < -0.3 is 5.43 Å². The molecular weight excluding hydrogens is 200 g/mol. The molecule has 0 atom stereocenters. The van der Waals surface area contributed by atoms with Gasteiger partial charge in [0.05, 0.1) is 0 Å². The second-order valence-corrected chi connectivity index (χ2v) is 5.44. The van der Waals surface area contributed by atoms with Gasteiger partial charge in [-0.1, -0.05) is 34.6 Å². The van der Waals surface area contributed by atoms with Crippen molar-refractivity contribution in [3.63, 3.8) is 0 Å². The number of nitrogens with one attached hydrogen (secondary N) is 1. The van der Waals surface area contributed by atoms with E-state index in [1.54, 1.807) is 0 Å². The fraction of sp³-hybridized carbons (Fsp3) is 0.667. The summed E-state index contributed by atoms with van der Waals surface area (Å²) in [6.07, 6.45) is 0. The van der Waals surface area contributed by atoms with Crippen LogP contribution in [-0.4, -0.2) is 9.97 Å². The lowest BCUT2D eigenvalue weighted by Gasteiger charge is -2.21. The van der Waals surface area contributed by atoms with Crippen molar-refractivity contribution in [2.75, 3.05) is 5.43 Å². The molecule has 1 aromatic rings. The molecule has 0 aliphatic rings. The first-order chi connectivity index (χ1) is 7.27. The minimum Gasteiger partial charge on any atom is -0.308 e. The molecular formula is C12H22N4. The van der Waals surface area contributed by atoms with E-state index >= 15 is 0 Å². The van der Waals surface area contributed by atoms with Crippen LogP contribution in [0.5, 0.6) is 0 Å². The summed E-state index contributed by atoms with van der Waals surface area (Å²) in [5, 5.41) is 0. The Morgan fingerprint density at radius 3 is 2.12 bits per heavy atom. The Labute approximate surface area is 97.7 Å². The Morgan fingerprint density at radius 1 is 1.19 bits per heavy atom. The van der Waals surface area contributed by atoms with E-state index in [1.165, 1.54) is 0 Å². The molecule has 1 aromatic heterocycles. The van der Waals surface area contributed by atoms with Crippen LogP contribution >= 0.6 is 0 Å². The molecule has 0 amide bonds. The lowest BCUT2D eigenvalue weighted by molar-refractivity contribution is 0.541. The number of hydrogen-bond donors (Lipinski definition) is 2. The van der Waals surface area contributed by atoms with E-state index in [9.17, 15) is 0 Å². The highest BCUT2D eigenvalue weighted by atomic mass is 15.3. The zero-order valence-corrected chi connectivity index (χ0v) is 11.0. The third-order valence-electron chi connectivity index (χ3n) is 2.52. The molecule has 0 aliphatic heterocycles. The Morgan fingerprint density at radius 2 is 1.75 bits per heavy atom. The minimum absolute atomic E-state index is 0.0636. The SMILES string of the molecule is Cc1nc(C(C)(C)C)nc(NN)c1C(C)C. The predicted molar refractivity (Wildman–Crippen MR) is 67.4 cm³/mol. The molecule has 0 aliphatic carbocycles. The van der Waals surface area contributed by atoms with E-state index in [-0.39, 0.29) is 5.41 Å². The second kappa shape index (κ2) is 4.37. The van der Waals surface area contributed by atoms with Crippen molar-refractivity contribution in [3.8, 4) is 0 Å². The highest BCUT2D eigenvalue weighted by Gasteiger charge is 2.21. The van der Waals surface area contributed by atoms with E-state index in [0.29, 0.717) is 5.92 Å². The first-order valence-corrected chi connectivity index (χ1v) is 5.63. The molecule has 0 aromatic carbocycles. The third-order valence-corrected chi connectivity index (χ3v) is 2.52. The average Bonchev–Trinajstić information content (AvgIpc) is 2.14. The van der Waals surface area contributed by atoms with Gasteiger partial charge in [0.25, 0.3) is 0 Å². The molecule has 1 heterocycles. The topological polar surface area (TPSA) is 63.8 Å². The summed E-state index contributed by atoms with van der Waals surface area (Å²) < 4.78 is 0. The number of aryl methyl sites for hydroxylation is 1. The summed E-state index contributed by atoms with van der Waals surface area (Å²) in [6.45, 7) is 12.5. The zero-order valence-electron chi connectivity index (χ0n) is 11.0. The van der Waals surface area contributed by atoms with Crippen molar-refractivity contribution in [1.29, 1.82) is 0 Å². The van der Waals surface area contributed by atoms with E-state index in [1.807, 2.05) is 6.92 Å². The number of anilines is 1. The van der Waals surface area contributed by atoms with E-state index < -0.39 is 0 Å². The second-order valence-electron chi connectivity index (χ2n) is 5.44. The fourth-order valence-corrected chi connectivity index (χ4v) is 1.72. The van der Waals surface area contributed by atoms with Crippen LogP contribution in [0.1, 0.15) is 57.6 Å². The lowest BCUT2D eigenvalue weighted by Crippen LogP contribution is -2.21. The van der Waals surface area contributed by atoms with Crippen LogP contribution in [0, 0.1) is 6.92 Å². The van der Waals surface area contributed by atoms with Crippen LogP contribution in [0.2, 0.25) is 0 Å². The van der Waals surface area contributed by atoms with Crippen molar-refractivity contribution in [2.24, 2.45) is 5.84 Å². The summed E-state index contributed by atoms with van der Waals surface area (Å²) >= 11 is 0. The molecule has 4 heteroatoms. The largest absolute Gasteiger partial charge is 0.308 e.